The van der Waals surface area contributed by atoms with Crippen molar-refractivity contribution in [1.82, 2.24) is 4.98 Å². The first-order valence-electron chi connectivity index (χ1n) is 9.44. The number of aromatic nitrogens is 1. The van der Waals surface area contributed by atoms with Crippen molar-refractivity contribution in [3.8, 4) is 17.0 Å². The van der Waals surface area contributed by atoms with Crippen LogP contribution in [0.5, 0.6) is 5.75 Å². The number of halogens is 2. The zero-order chi connectivity index (χ0) is 21.1. The molecule has 4 aromatic rings. The topological polar surface area (TPSA) is 51.2 Å². The highest BCUT2D eigenvalue weighted by molar-refractivity contribution is 9.11. The minimum absolute atomic E-state index is 0.191. The standard InChI is InChI=1S/C24H18Br2N2O2/c1-2-30-17-10-7-15(8-11-17)23-14-19(18-5-3-4-6-21(18)27-23)24(29)28-22-12-9-16(25)13-20(22)26/h3-14H,2H2,1H3,(H,28,29). The van der Waals surface area contributed by atoms with Gasteiger partial charge in [-0.3, -0.25) is 4.79 Å². The van der Waals surface area contributed by atoms with E-state index in [0.717, 1.165) is 36.9 Å². The monoisotopic (exact) mass is 524 g/mol. The smallest absolute Gasteiger partial charge is 0.256 e. The van der Waals surface area contributed by atoms with E-state index < -0.39 is 0 Å². The molecule has 30 heavy (non-hydrogen) atoms. The summed E-state index contributed by atoms with van der Waals surface area (Å²) in [6, 6.07) is 22.9. The van der Waals surface area contributed by atoms with Crippen molar-refractivity contribution >= 4 is 54.4 Å². The van der Waals surface area contributed by atoms with Gasteiger partial charge in [-0.1, -0.05) is 34.1 Å². The van der Waals surface area contributed by atoms with Crippen LogP contribution in [0.15, 0.2) is 81.7 Å². The summed E-state index contributed by atoms with van der Waals surface area (Å²) in [5, 5.41) is 3.80. The molecule has 0 saturated carbocycles. The lowest BCUT2D eigenvalue weighted by molar-refractivity contribution is 0.102. The molecular weight excluding hydrogens is 508 g/mol. The maximum Gasteiger partial charge on any atom is 0.256 e. The Kier molecular flexibility index (Phi) is 6.16. The Morgan fingerprint density at radius 3 is 2.50 bits per heavy atom. The quantitative estimate of drug-likeness (QED) is 0.303. The highest BCUT2D eigenvalue weighted by Crippen LogP contribution is 2.29. The Bertz CT molecular complexity index is 1220. The highest BCUT2D eigenvalue weighted by Gasteiger charge is 2.15. The van der Waals surface area contributed by atoms with Gasteiger partial charge in [-0.2, -0.15) is 0 Å². The van der Waals surface area contributed by atoms with Crippen molar-refractivity contribution in [2.24, 2.45) is 0 Å². The molecule has 3 aromatic carbocycles. The Morgan fingerprint density at radius 2 is 1.77 bits per heavy atom. The number of nitrogens with one attached hydrogen (secondary N) is 1. The number of rotatable bonds is 5. The number of para-hydroxylation sites is 1. The van der Waals surface area contributed by atoms with Crippen molar-refractivity contribution in [3.05, 3.63) is 87.3 Å². The fourth-order valence-corrected chi connectivity index (χ4v) is 4.33. The number of amides is 1. The molecule has 6 heteroatoms. The van der Waals surface area contributed by atoms with Gasteiger partial charge in [0.15, 0.2) is 0 Å². The SMILES string of the molecule is CCOc1ccc(-c2cc(C(=O)Nc3ccc(Br)cc3Br)c3ccccc3n2)cc1. The van der Waals surface area contributed by atoms with Gasteiger partial charge in [0, 0.05) is 19.9 Å². The van der Waals surface area contributed by atoms with Crippen molar-refractivity contribution < 1.29 is 9.53 Å². The maximum absolute atomic E-state index is 13.2. The van der Waals surface area contributed by atoms with Crippen LogP contribution < -0.4 is 10.1 Å². The number of carbonyl (C=O) groups excluding carboxylic acids is 1. The fraction of sp³-hybridized carbons (Fsp3) is 0.0833. The molecule has 0 atom stereocenters. The summed E-state index contributed by atoms with van der Waals surface area (Å²) in [4.78, 5) is 18.0. The minimum Gasteiger partial charge on any atom is -0.494 e. The second-order valence-corrected chi connectivity index (χ2v) is 8.38. The number of benzene rings is 3. The van der Waals surface area contributed by atoms with Crippen molar-refractivity contribution in [1.29, 1.82) is 0 Å². The van der Waals surface area contributed by atoms with E-state index in [1.54, 1.807) is 0 Å². The number of anilines is 1. The van der Waals surface area contributed by atoms with Crippen molar-refractivity contribution in [2.45, 2.75) is 6.92 Å². The summed E-state index contributed by atoms with van der Waals surface area (Å²) in [7, 11) is 0. The predicted octanol–water partition coefficient (Wildman–Crippen LogP) is 7.08. The van der Waals surface area contributed by atoms with Crippen LogP contribution in [0.2, 0.25) is 0 Å². The summed E-state index contributed by atoms with van der Waals surface area (Å²) in [5.74, 6) is 0.615. The third kappa shape index (κ3) is 4.40. The third-order valence-electron chi connectivity index (χ3n) is 4.60. The van der Waals surface area contributed by atoms with Gasteiger partial charge in [-0.25, -0.2) is 4.98 Å². The molecule has 4 nitrogen and oxygen atoms in total. The fourth-order valence-electron chi connectivity index (χ4n) is 3.18. The van der Waals surface area contributed by atoms with Gasteiger partial charge in [0.25, 0.3) is 5.91 Å². The van der Waals surface area contributed by atoms with Gasteiger partial charge in [-0.05, 0) is 77.5 Å². The first-order valence-corrected chi connectivity index (χ1v) is 11.0. The summed E-state index contributed by atoms with van der Waals surface area (Å²) in [6.45, 7) is 2.57. The lowest BCUT2D eigenvalue weighted by Crippen LogP contribution is -2.13. The molecule has 0 unspecified atom stereocenters. The Hall–Kier alpha value is -2.70. The normalized spacial score (nSPS) is 10.8. The summed E-state index contributed by atoms with van der Waals surface area (Å²) in [6.07, 6.45) is 0. The van der Waals surface area contributed by atoms with E-state index in [1.807, 2.05) is 79.7 Å². The molecule has 1 aromatic heterocycles. The summed E-state index contributed by atoms with van der Waals surface area (Å²) >= 11 is 6.93. The molecule has 0 aliphatic carbocycles. The molecule has 0 fully saturated rings. The average molecular weight is 526 g/mol. The lowest BCUT2D eigenvalue weighted by atomic mass is 10.0. The number of carbonyl (C=O) groups is 1. The summed E-state index contributed by atoms with van der Waals surface area (Å²) in [5.41, 5.74) is 3.69. The van der Waals surface area contributed by atoms with E-state index >= 15 is 0 Å². The number of pyridine rings is 1. The van der Waals surface area contributed by atoms with Gasteiger partial charge in [0.2, 0.25) is 0 Å². The number of fused-ring (bicyclic) bond motifs is 1. The van der Waals surface area contributed by atoms with Crippen LogP contribution in [0.4, 0.5) is 5.69 Å². The molecular formula is C24H18Br2N2O2. The minimum atomic E-state index is -0.191. The molecule has 1 N–H and O–H groups in total. The molecule has 1 amide bonds. The van der Waals surface area contributed by atoms with Gasteiger partial charge in [-0.15, -0.1) is 0 Å². The predicted molar refractivity (Wildman–Crippen MR) is 128 cm³/mol. The Balaban J connectivity index is 1.75. The molecule has 4 rings (SSSR count). The van der Waals surface area contributed by atoms with Gasteiger partial charge < -0.3 is 10.1 Å². The third-order valence-corrected chi connectivity index (χ3v) is 5.75. The zero-order valence-electron chi connectivity index (χ0n) is 16.2. The number of ether oxygens (including phenoxy) is 1. The van der Waals surface area contributed by atoms with Crippen molar-refractivity contribution in [2.75, 3.05) is 11.9 Å². The molecule has 1 heterocycles. The van der Waals surface area contributed by atoms with Crippen LogP contribution >= 0.6 is 31.9 Å². The Morgan fingerprint density at radius 1 is 1.00 bits per heavy atom. The molecule has 0 bridgehead atoms. The highest BCUT2D eigenvalue weighted by atomic mass is 79.9. The first kappa shape index (κ1) is 20.6. The van der Waals surface area contributed by atoms with E-state index in [4.69, 9.17) is 9.72 Å². The second-order valence-electron chi connectivity index (χ2n) is 6.61. The molecule has 0 aliphatic heterocycles. The van der Waals surface area contributed by atoms with E-state index in [1.165, 1.54) is 0 Å². The number of nitrogens with zero attached hydrogens (tertiary/aromatic N) is 1. The number of hydrogen-bond donors (Lipinski definition) is 1. The Labute approximate surface area is 191 Å². The summed E-state index contributed by atoms with van der Waals surface area (Å²) < 4.78 is 7.25. The molecule has 0 saturated heterocycles. The molecule has 0 aliphatic rings. The van der Waals surface area contributed by atoms with Crippen molar-refractivity contribution in [3.63, 3.8) is 0 Å². The molecule has 150 valence electrons. The second kappa shape index (κ2) is 8.98. The number of hydrogen-bond acceptors (Lipinski definition) is 3. The molecule has 0 radical (unpaired) electrons. The van der Waals surface area contributed by atoms with E-state index in [9.17, 15) is 4.79 Å². The van der Waals surface area contributed by atoms with Crippen LogP contribution in [-0.4, -0.2) is 17.5 Å². The van der Waals surface area contributed by atoms with Crippen LogP contribution in [-0.2, 0) is 0 Å². The van der Waals surface area contributed by atoms with Gasteiger partial charge in [0.1, 0.15) is 5.75 Å². The van der Waals surface area contributed by atoms with Crippen LogP contribution in [0.1, 0.15) is 17.3 Å². The van der Waals surface area contributed by atoms with E-state index in [2.05, 4.69) is 37.2 Å². The molecule has 0 spiro atoms. The van der Waals surface area contributed by atoms with Gasteiger partial charge in [0.05, 0.1) is 29.1 Å². The van der Waals surface area contributed by atoms with E-state index in [0.29, 0.717) is 17.9 Å². The first-order chi connectivity index (χ1) is 14.5. The van der Waals surface area contributed by atoms with Crippen LogP contribution in [0.25, 0.3) is 22.2 Å². The largest absolute Gasteiger partial charge is 0.494 e. The van der Waals surface area contributed by atoms with Crippen LogP contribution in [0.3, 0.4) is 0 Å². The van der Waals surface area contributed by atoms with E-state index in [-0.39, 0.29) is 5.91 Å². The maximum atomic E-state index is 13.2. The lowest BCUT2D eigenvalue weighted by Gasteiger charge is -2.12. The van der Waals surface area contributed by atoms with Crippen LogP contribution in [0, 0.1) is 0 Å². The average Bonchev–Trinajstić information content (AvgIpc) is 2.75. The zero-order valence-corrected chi connectivity index (χ0v) is 19.3. The van der Waals surface area contributed by atoms with Gasteiger partial charge >= 0.3 is 0 Å².